The monoisotopic (exact) mass is 507 g/mol. The number of carboxylic acid groups (broad SMARTS) is 1. The van der Waals surface area contributed by atoms with E-state index in [-0.39, 0.29) is 12.9 Å². The van der Waals surface area contributed by atoms with Crippen LogP contribution >= 0.6 is 0 Å². The van der Waals surface area contributed by atoms with E-state index in [1.54, 1.807) is 0 Å². The fourth-order valence-electron chi connectivity index (χ4n) is 0.315. The lowest BCUT2D eigenvalue weighted by molar-refractivity contribution is -0.143. The summed E-state index contributed by atoms with van der Waals surface area (Å²) >= 11 is 0. The minimum Gasteiger partial charge on any atom is -0.481 e. The van der Waals surface area contributed by atoms with Crippen LogP contribution in [0.2, 0.25) is 0 Å². The molecular formula is C14H24F9O9+. The van der Waals surface area contributed by atoms with Gasteiger partial charge in [-0.2, -0.15) is 13.2 Å². The van der Waals surface area contributed by atoms with Crippen LogP contribution < -0.4 is 0 Å². The largest absolute Gasteiger partial charge is 0.794 e. The maximum Gasteiger partial charge on any atom is 0.794 e. The predicted octanol–water partition coefficient (Wildman–Crippen LogP) is 2.99. The molecule has 0 aliphatic carbocycles. The number of carbonyl (C=O) groups is 5. The number of carboxylic acids is 1. The zero-order chi connectivity index (χ0) is 26.1. The Morgan fingerprint density at radius 3 is 0.875 bits per heavy atom. The second-order valence-corrected chi connectivity index (χ2v) is 3.02. The highest BCUT2D eigenvalue weighted by atomic mass is 19.3. The molecule has 0 aromatic rings. The summed E-state index contributed by atoms with van der Waals surface area (Å²) in [5.41, 5.74) is 0. The van der Waals surface area contributed by atoms with Crippen molar-refractivity contribution in [2.45, 2.75) is 34.1 Å². The lowest BCUT2D eigenvalue weighted by atomic mass is 10.3. The average Bonchev–Trinajstić information content (AvgIpc) is 2.47. The van der Waals surface area contributed by atoms with E-state index >= 15 is 0 Å². The van der Waals surface area contributed by atoms with Crippen LogP contribution in [-0.4, -0.2) is 72.8 Å². The highest BCUT2D eigenvalue weighted by molar-refractivity contribution is 5.93. The Bertz CT molecular complexity index is 368. The van der Waals surface area contributed by atoms with Gasteiger partial charge in [0, 0.05) is 6.92 Å². The van der Waals surface area contributed by atoms with Crippen molar-refractivity contribution in [3.63, 3.8) is 0 Å². The molecule has 0 radical (unpaired) electrons. The maximum absolute atomic E-state index is 11.1. The molecule has 0 bridgehead atoms. The molecular weight excluding hydrogens is 483 g/mol. The van der Waals surface area contributed by atoms with Crippen LogP contribution in [0, 0.1) is 0 Å². The Morgan fingerprint density at radius 1 is 0.719 bits per heavy atom. The van der Waals surface area contributed by atoms with Crippen molar-refractivity contribution in [1.29, 1.82) is 0 Å². The minimum atomic E-state index is -1.81. The minimum absolute atomic E-state index is 0. The number of hydrogen-bond acceptors (Lipinski definition) is 6. The van der Waals surface area contributed by atoms with Crippen LogP contribution in [0.4, 0.5) is 39.5 Å². The van der Waals surface area contributed by atoms with Gasteiger partial charge in [0.05, 0.1) is 11.2 Å². The molecule has 0 aliphatic heterocycles. The number of aliphatic hydroxyl groups excluding tert-OH is 1. The van der Waals surface area contributed by atoms with Gasteiger partial charge in [0.2, 0.25) is 20.8 Å². The summed E-state index contributed by atoms with van der Waals surface area (Å²) in [7, 11) is 0. The number of aliphatic carboxylic acids is 1. The lowest BCUT2D eigenvalue weighted by Gasteiger charge is -1.77. The summed E-state index contributed by atoms with van der Waals surface area (Å²) < 4.78 is 90.1. The van der Waals surface area contributed by atoms with Gasteiger partial charge in [-0.1, -0.05) is 7.43 Å². The smallest absolute Gasteiger partial charge is 0.481 e. The van der Waals surface area contributed by atoms with Crippen LogP contribution in [0.1, 0.15) is 34.1 Å². The molecule has 0 aromatic heterocycles. The van der Waals surface area contributed by atoms with E-state index in [9.17, 15) is 58.7 Å². The molecule has 0 heterocycles. The third-order valence-corrected chi connectivity index (χ3v) is 0.678. The molecule has 4 N–H and O–H groups in total. The molecule has 32 heavy (non-hydrogen) atoms. The molecule has 0 atom stereocenters. The van der Waals surface area contributed by atoms with E-state index in [0.717, 1.165) is 13.8 Å². The van der Waals surface area contributed by atoms with E-state index in [4.69, 9.17) is 19.8 Å². The lowest BCUT2D eigenvalue weighted by Crippen LogP contribution is -1.99. The number of halogens is 9. The van der Waals surface area contributed by atoms with Crippen LogP contribution in [-0.2, 0) is 28.8 Å². The number of hydrogen-bond donors (Lipinski definition) is 2. The third kappa shape index (κ3) is 760. The standard InChI is InChI=1S/C4H5FO2.C3H3FO3.C2H3FO.3CH2F2.CHO2.CH4.H2O/c1-3(6)2-4(5)7;4-2(5)1-3(6)7;1-2(3)4;4*2-1-3;;/h2H2,1H3;1H2,(H,6,7);1H3;3*1H2;(H,2,3);1H4;1H2/q;;;;;;+1;;. The zero-order valence-corrected chi connectivity index (χ0v) is 15.8. The summed E-state index contributed by atoms with van der Waals surface area (Å²) in [5, 5.41) is 14.4. The first-order valence-electron chi connectivity index (χ1n) is 6.26. The fourth-order valence-corrected chi connectivity index (χ4v) is 0.315. The van der Waals surface area contributed by atoms with Crippen molar-refractivity contribution in [2.75, 3.05) is 20.8 Å². The topological polar surface area (TPSA) is 174 Å². The molecule has 0 aromatic carbocycles. The van der Waals surface area contributed by atoms with E-state index < -0.39 is 63.5 Å². The number of alkyl halides is 6. The normalized spacial score (nSPS) is 6.34. The fraction of sp³-hybridized carbons (Fsp3) is 0.571. The molecule has 0 aliphatic rings. The van der Waals surface area contributed by atoms with Crippen LogP contribution in [0.15, 0.2) is 0 Å². The Balaban J connectivity index is -0.0000000284. The highest BCUT2D eigenvalue weighted by Gasteiger charge is 2.03. The van der Waals surface area contributed by atoms with Crippen molar-refractivity contribution >= 4 is 36.3 Å². The van der Waals surface area contributed by atoms with Crippen molar-refractivity contribution in [3.05, 3.63) is 0 Å². The van der Waals surface area contributed by atoms with Gasteiger partial charge in [-0.3, -0.25) is 24.0 Å². The Morgan fingerprint density at radius 2 is 0.875 bits per heavy atom. The van der Waals surface area contributed by atoms with Gasteiger partial charge in [-0.05, 0) is 6.92 Å². The molecule has 0 unspecified atom stereocenters. The van der Waals surface area contributed by atoms with Crippen LogP contribution in [0.3, 0.4) is 0 Å². The summed E-state index contributed by atoms with van der Waals surface area (Å²) in [6, 6.07) is -4.71. The van der Waals surface area contributed by atoms with Gasteiger partial charge in [0.1, 0.15) is 12.2 Å². The van der Waals surface area contributed by atoms with Gasteiger partial charge in [0.25, 0.3) is 6.04 Å². The molecule has 0 fully saturated rings. The van der Waals surface area contributed by atoms with Gasteiger partial charge >= 0.3 is 24.5 Å². The quantitative estimate of drug-likeness (QED) is 0.253. The number of Topliss-reactive ketones (excluding diaryl/α,β-unsaturated/α-hetero) is 1. The Labute approximate surface area is 176 Å². The molecule has 0 spiro atoms. The van der Waals surface area contributed by atoms with E-state index in [2.05, 4.69) is 0 Å². The maximum atomic E-state index is 11.1. The van der Waals surface area contributed by atoms with Crippen molar-refractivity contribution in [1.82, 2.24) is 0 Å². The summed E-state index contributed by atoms with van der Waals surface area (Å²) in [6.45, 7) is -2.72. The molecule has 18 heteroatoms. The predicted molar refractivity (Wildman–Crippen MR) is 91.5 cm³/mol. The first kappa shape index (κ1) is 56.8. The van der Waals surface area contributed by atoms with Crippen LogP contribution in [0.25, 0.3) is 0 Å². The average molecular weight is 507 g/mol. The molecule has 196 valence electrons. The second-order valence-electron chi connectivity index (χ2n) is 3.02. The SMILES string of the molecule is C.CC(=O)CC(=O)F.CC(=O)F.FCF.FCF.FCF.O.O=C(O)CC(=O)F.O=[C+]O. The van der Waals surface area contributed by atoms with Gasteiger partial charge in [-0.25, -0.2) is 31.4 Å². The van der Waals surface area contributed by atoms with Crippen molar-refractivity contribution in [2.24, 2.45) is 0 Å². The van der Waals surface area contributed by atoms with Gasteiger partial charge in [0.15, 0.2) is 0 Å². The Hall–Kier alpha value is -3.14. The zero-order valence-electron chi connectivity index (χ0n) is 15.8. The summed E-state index contributed by atoms with van der Waals surface area (Å²) in [6.07, 6.45) is -1.61. The van der Waals surface area contributed by atoms with Gasteiger partial charge < -0.3 is 10.6 Å². The van der Waals surface area contributed by atoms with Crippen molar-refractivity contribution < 1.29 is 84.0 Å². The molecule has 0 rings (SSSR count). The highest BCUT2D eigenvalue weighted by Crippen LogP contribution is 1.83. The molecule has 0 saturated carbocycles. The van der Waals surface area contributed by atoms with E-state index in [1.165, 1.54) is 0 Å². The number of ketones is 1. The number of rotatable bonds is 4. The molecule has 0 saturated heterocycles. The Kier molecular flexibility index (Phi) is 112. The first-order valence-corrected chi connectivity index (χ1v) is 6.26. The van der Waals surface area contributed by atoms with E-state index in [1.807, 2.05) is 0 Å². The molecule has 0 amide bonds. The van der Waals surface area contributed by atoms with Crippen molar-refractivity contribution in [3.8, 4) is 0 Å². The first-order chi connectivity index (χ1) is 13.6. The van der Waals surface area contributed by atoms with Crippen LogP contribution in [0.5, 0.6) is 0 Å². The molecule has 9 nitrogen and oxygen atoms in total. The van der Waals surface area contributed by atoms with E-state index in [0.29, 0.717) is 6.47 Å². The number of carbonyl (C=O) groups excluding carboxylic acids is 4. The summed E-state index contributed by atoms with van der Waals surface area (Å²) in [4.78, 5) is 54.7. The summed E-state index contributed by atoms with van der Waals surface area (Å²) in [5.74, 6) is -1.88. The van der Waals surface area contributed by atoms with Gasteiger partial charge in [-0.15, -0.1) is 0 Å². The third-order valence-electron chi connectivity index (χ3n) is 0.678. The second kappa shape index (κ2) is 63.0.